The monoisotopic (exact) mass is 277 g/mol. The van der Waals surface area contributed by atoms with Gasteiger partial charge in [-0.25, -0.2) is 4.79 Å². The van der Waals surface area contributed by atoms with Gasteiger partial charge in [0.2, 0.25) is 5.91 Å². The average molecular weight is 277 g/mol. The molecule has 1 saturated heterocycles. The van der Waals surface area contributed by atoms with Gasteiger partial charge in [-0.15, -0.1) is 0 Å². The lowest BCUT2D eigenvalue weighted by Gasteiger charge is -2.19. The average Bonchev–Trinajstić information content (AvgIpc) is 2.85. The summed E-state index contributed by atoms with van der Waals surface area (Å²) >= 11 is 0. The van der Waals surface area contributed by atoms with Gasteiger partial charge < -0.3 is 20.7 Å². The minimum Gasteiger partial charge on any atom is -0.496 e. The maximum atomic E-state index is 12.1. The minimum absolute atomic E-state index is 0.199. The van der Waals surface area contributed by atoms with E-state index in [4.69, 9.17) is 4.74 Å². The zero-order valence-corrected chi connectivity index (χ0v) is 11.8. The topological polar surface area (TPSA) is 79.5 Å². The molecule has 0 bridgehead atoms. The zero-order valence-electron chi connectivity index (χ0n) is 11.8. The van der Waals surface area contributed by atoms with E-state index < -0.39 is 6.04 Å². The first-order chi connectivity index (χ1) is 9.51. The van der Waals surface area contributed by atoms with E-state index in [1.54, 1.807) is 7.11 Å². The Bertz CT molecular complexity index is 530. The first-order valence-corrected chi connectivity index (χ1v) is 6.50. The van der Waals surface area contributed by atoms with E-state index in [-0.39, 0.29) is 18.0 Å². The second-order valence-electron chi connectivity index (χ2n) is 4.88. The molecule has 3 N–H and O–H groups in total. The number of nitrogens with one attached hydrogen (secondary N) is 3. The van der Waals surface area contributed by atoms with Crippen LogP contribution in [0.3, 0.4) is 0 Å². The number of carbonyl (C=O) groups excluding carboxylic acids is 2. The van der Waals surface area contributed by atoms with Gasteiger partial charge in [0.25, 0.3) is 0 Å². The quantitative estimate of drug-likeness (QED) is 0.763. The summed E-state index contributed by atoms with van der Waals surface area (Å²) in [6.45, 7) is 4.18. The van der Waals surface area contributed by atoms with E-state index >= 15 is 0 Å². The molecule has 1 aromatic rings. The molecule has 6 heteroatoms. The van der Waals surface area contributed by atoms with Gasteiger partial charge in [-0.3, -0.25) is 4.79 Å². The molecule has 0 unspecified atom stereocenters. The number of hydrogen-bond acceptors (Lipinski definition) is 3. The third-order valence-electron chi connectivity index (χ3n) is 3.30. The first-order valence-electron chi connectivity index (χ1n) is 6.50. The molecule has 20 heavy (non-hydrogen) atoms. The lowest BCUT2D eigenvalue weighted by Crippen LogP contribution is -2.43. The number of hydrogen-bond donors (Lipinski definition) is 3. The molecule has 0 aromatic heterocycles. The van der Waals surface area contributed by atoms with Crippen molar-refractivity contribution in [2.24, 2.45) is 0 Å². The first kappa shape index (κ1) is 14.2. The number of amides is 3. The van der Waals surface area contributed by atoms with Crippen LogP contribution in [0.4, 0.5) is 4.79 Å². The van der Waals surface area contributed by atoms with Crippen LogP contribution in [0.5, 0.6) is 5.75 Å². The number of urea groups is 1. The van der Waals surface area contributed by atoms with Crippen LogP contribution in [0.25, 0.3) is 0 Å². The molecule has 2 atom stereocenters. The Balaban J connectivity index is 2.08. The van der Waals surface area contributed by atoms with E-state index in [2.05, 4.69) is 16.0 Å². The van der Waals surface area contributed by atoms with Crippen LogP contribution >= 0.6 is 0 Å². The van der Waals surface area contributed by atoms with Crippen molar-refractivity contribution in [3.63, 3.8) is 0 Å². The van der Waals surface area contributed by atoms with Crippen LogP contribution in [-0.2, 0) is 4.79 Å². The maximum absolute atomic E-state index is 12.1. The highest BCUT2D eigenvalue weighted by Crippen LogP contribution is 2.26. The molecule has 1 aliphatic heterocycles. The van der Waals surface area contributed by atoms with Gasteiger partial charge in [-0.1, -0.05) is 17.7 Å². The van der Waals surface area contributed by atoms with Gasteiger partial charge in [0.1, 0.15) is 11.8 Å². The molecule has 0 aliphatic carbocycles. The van der Waals surface area contributed by atoms with Gasteiger partial charge in [0.15, 0.2) is 0 Å². The number of rotatable bonds is 4. The molecule has 1 fully saturated rings. The van der Waals surface area contributed by atoms with Crippen molar-refractivity contribution >= 4 is 11.9 Å². The van der Waals surface area contributed by atoms with Crippen molar-refractivity contribution in [2.75, 3.05) is 13.7 Å². The summed E-state index contributed by atoms with van der Waals surface area (Å²) in [5, 5.41) is 8.00. The standard InChI is InChI=1S/C14H19N3O3/c1-8-4-5-12(20-3)10(6-8)9(2)16-13(18)11-7-15-14(19)17-11/h4-6,9,11H,7H2,1-3H3,(H,16,18)(H2,15,17,19)/t9-,11-/m1/s1. The van der Waals surface area contributed by atoms with Crippen LogP contribution < -0.4 is 20.7 Å². The third-order valence-corrected chi connectivity index (χ3v) is 3.30. The second kappa shape index (κ2) is 5.81. The molecular formula is C14H19N3O3. The lowest BCUT2D eigenvalue weighted by atomic mass is 10.0. The van der Waals surface area contributed by atoms with Crippen LogP contribution in [0.2, 0.25) is 0 Å². The molecule has 1 heterocycles. The van der Waals surface area contributed by atoms with Gasteiger partial charge in [-0.2, -0.15) is 0 Å². The number of ether oxygens (including phenoxy) is 1. The molecule has 0 spiro atoms. The van der Waals surface area contributed by atoms with Crippen LogP contribution in [0.15, 0.2) is 18.2 Å². The molecule has 3 amide bonds. The molecule has 1 aliphatic rings. The highest BCUT2D eigenvalue weighted by atomic mass is 16.5. The van der Waals surface area contributed by atoms with Crippen LogP contribution in [-0.4, -0.2) is 31.6 Å². The van der Waals surface area contributed by atoms with E-state index in [1.807, 2.05) is 32.0 Å². The minimum atomic E-state index is -0.527. The molecule has 108 valence electrons. The highest BCUT2D eigenvalue weighted by Gasteiger charge is 2.28. The molecule has 0 radical (unpaired) electrons. The van der Waals surface area contributed by atoms with Crippen molar-refractivity contribution in [3.8, 4) is 5.75 Å². The SMILES string of the molecule is COc1ccc(C)cc1[C@@H](C)NC(=O)[C@H]1CNC(=O)N1. The molecular weight excluding hydrogens is 258 g/mol. The second-order valence-corrected chi connectivity index (χ2v) is 4.88. The highest BCUT2D eigenvalue weighted by molar-refractivity contribution is 5.90. The van der Waals surface area contributed by atoms with Gasteiger partial charge in [-0.05, 0) is 19.9 Å². The van der Waals surface area contributed by atoms with E-state index in [1.165, 1.54) is 0 Å². The normalized spacial score (nSPS) is 18.9. The molecule has 2 rings (SSSR count). The summed E-state index contributed by atoms with van der Waals surface area (Å²) in [4.78, 5) is 23.1. The fourth-order valence-electron chi connectivity index (χ4n) is 2.20. The molecule has 6 nitrogen and oxygen atoms in total. The zero-order chi connectivity index (χ0) is 14.7. The smallest absolute Gasteiger partial charge is 0.315 e. The summed E-state index contributed by atoms with van der Waals surface area (Å²) in [7, 11) is 1.60. The Morgan fingerprint density at radius 3 is 2.85 bits per heavy atom. The lowest BCUT2D eigenvalue weighted by molar-refractivity contribution is -0.123. The predicted molar refractivity (Wildman–Crippen MR) is 74.6 cm³/mol. The Labute approximate surface area is 117 Å². The Kier molecular flexibility index (Phi) is 4.12. The number of carbonyl (C=O) groups is 2. The largest absolute Gasteiger partial charge is 0.496 e. The summed E-state index contributed by atoms with van der Waals surface area (Å²) in [5.74, 6) is 0.524. The van der Waals surface area contributed by atoms with Gasteiger partial charge in [0.05, 0.1) is 13.2 Å². The number of aryl methyl sites for hydroxylation is 1. The summed E-state index contributed by atoms with van der Waals surface area (Å²) in [6.07, 6.45) is 0. The molecule has 1 aromatic carbocycles. The van der Waals surface area contributed by atoms with Crippen LogP contribution in [0, 0.1) is 6.92 Å². The Morgan fingerprint density at radius 2 is 2.25 bits per heavy atom. The fraction of sp³-hybridized carbons (Fsp3) is 0.429. The number of methoxy groups -OCH3 is 1. The van der Waals surface area contributed by atoms with E-state index in [0.717, 1.165) is 16.9 Å². The van der Waals surface area contributed by atoms with Crippen molar-refractivity contribution in [2.45, 2.75) is 25.9 Å². The third kappa shape index (κ3) is 3.01. The fourth-order valence-corrected chi connectivity index (χ4v) is 2.20. The van der Waals surface area contributed by atoms with E-state index in [0.29, 0.717) is 6.54 Å². The van der Waals surface area contributed by atoms with Gasteiger partial charge in [0, 0.05) is 12.1 Å². The van der Waals surface area contributed by atoms with Crippen LogP contribution in [0.1, 0.15) is 24.1 Å². The van der Waals surface area contributed by atoms with E-state index in [9.17, 15) is 9.59 Å². The summed E-state index contributed by atoms with van der Waals surface area (Å²) < 4.78 is 5.31. The maximum Gasteiger partial charge on any atom is 0.315 e. The van der Waals surface area contributed by atoms with Crippen molar-refractivity contribution in [1.29, 1.82) is 0 Å². The van der Waals surface area contributed by atoms with Crippen molar-refractivity contribution in [1.82, 2.24) is 16.0 Å². The number of benzene rings is 1. The summed E-state index contributed by atoms with van der Waals surface area (Å²) in [6, 6.07) is 4.78. The van der Waals surface area contributed by atoms with Crippen molar-refractivity contribution < 1.29 is 14.3 Å². The molecule has 0 saturated carbocycles. The Morgan fingerprint density at radius 1 is 1.50 bits per heavy atom. The van der Waals surface area contributed by atoms with Crippen molar-refractivity contribution in [3.05, 3.63) is 29.3 Å². The summed E-state index contributed by atoms with van der Waals surface area (Å²) in [5.41, 5.74) is 2.01. The predicted octanol–water partition coefficient (Wildman–Crippen LogP) is 0.862. The van der Waals surface area contributed by atoms with Gasteiger partial charge >= 0.3 is 6.03 Å². The Hall–Kier alpha value is -2.24.